The molecule has 1 aromatic heterocycles. The van der Waals surface area contributed by atoms with Gasteiger partial charge in [-0.2, -0.15) is 0 Å². The molecule has 1 aromatic rings. The summed E-state index contributed by atoms with van der Waals surface area (Å²) >= 11 is 0. The summed E-state index contributed by atoms with van der Waals surface area (Å²) in [6.07, 6.45) is 15.3. The third-order valence-electron chi connectivity index (χ3n) is 1.21. The fourth-order valence-electron chi connectivity index (χ4n) is 0.684. The van der Waals surface area contributed by atoms with Crippen molar-refractivity contribution in [1.82, 2.24) is 10.3 Å². The number of rotatable bonds is 0. The van der Waals surface area contributed by atoms with Gasteiger partial charge in [0.15, 0.2) is 0 Å². The van der Waals surface area contributed by atoms with Crippen molar-refractivity contribution in [2.24, 2.45) is 0 Å². The first-order valence-electron chi connectivity index (χ1n) is 3.82. The molecule has 0 aliphatic carbocycles. The molecule has 0 saturated carbocycles. The van der Waals surface area contributed by atoms with Gasteiger partial charge < -0.3 is 10.3 Å². The van der Waals surface area contributed by atoms with Crippen LogP contribution in [0.2, 0.25) is 0 Å². The summed E-state index contributed by atoms with van der Waals surface area (Å²) in [7, 11) is 0. The molecule has 0 saturated heterocycles. The Morgan fingerprint density at radius 2 is 1.23 bits per heavy atom. The molecule has 0 spiro atoms. The quantitative estimate of drug-likeness (QED) is 0.673. The zero-order valence-electron chi connectivity index (χ0n) is 7.27. The van der Waals surface area contributed by atoms with E-state index in [0.717, 1.165) is 0 Å². The second-order valence-electron chi connectivity index (χ2n) is 2.15. The molecule has 0 unspecified atom stereocenters. The van der Waals surface area contributed by atoms with E-state index in [9.17, 15) is 0 Å². The molecule has 2 heterocycles. The maximum atomic E-state index is 2.92. The SMILES string of the molecule is C1=CC=CNC=C1.[Pb].c1cc[nH]c1. The second kappa shape index (κ2) is 9.31. The zero-order valence-corrected chi connectivity index (χ0v) is 11.2. The van der Waals surface area contributed by atoms with E-state index in [4.69, 9.17) is 0 Å². The molecule has 4 radical (unpaired) electrons. The number of H-pyrrole nitrogens is 1. The number of aromatic amines is 1. The summed E-state index contributed by atoms with van der Waals surface area (Å²) in [5.41, 5.74) is 0. The third-order valence-corrected chi connectivity index (χ3v) is 1.21. The van der Waals surface area contributed by atoms with Gasteiger partial charge in [-0.25, -0.2) is 0 Å². The van der Waals surface area contributed by atoms with Gasteiger partial charge in [-0.05, 0) is 24.3 Å². The summed E-state index contributed by atoms with van der Waals surface area (Å²) in [5, 5.41) is 2.92. The Morgan fingerprint density at radius 3 is 1.62 bits per heavy atom. The molecule has 2 nitrogen and oxygen atoms in total. The minimum absolute atomic E-state index is 0. The Kier molecular flexibility index (Phi) is 8.75. The van der Waals surface area contributed by atoms with Gasteiger partial charge in [0.1, 0.15) is 0 Å². The van der Waals surface area contributed by atoms with E-state index in [1.54, 1.807) is 0 Å². The third kappa shape index (κ3) is 7.58. The first-order valence-corrected chi connectivity index (χ1v) is 3.82. The number of aromatic nitrogens is 1. The Labute approximate surface area is 98.6 Å². The van der Waals surface area contributed by atoms with Gasteiger partial charge in [0.25, 0.3) is 0 Å². The molecule has 1 aliphatic heterocycles. The van der Waals surface area contributed by atoms with Gasteiger partial charge in [-0.3, -0.25) is 0 Å². The minimum atomic E-state index is 0. The molecule has 0 amide bonds. The molecule has 0 aromatic carbocycles. The van der Waals surface area contributed by atoms with E-state index in [-0.39, 0.29) is 27.3 Å². The standard InChI is InChI=1S/C6H7N.C4H5N.Pb/c1-2-4-6-7-5-3-1;1-2-4-5-3-1;/h1-7H;1-5H;. The van der Waals surface area contributed by atoms with Crippen molar-refractivity contribution in [1.29, 1.82) is 0 Å². The van der Waals surface area contributed by atoms with Crippen LogP contribution in [0, 0.1) is 0 Å². The van der Waals surface area contributed by atoms with E-state index < -0.39 is 0 Å². The average molecular weight is 367 g/mol. The van der Waals surface area contributed by atoms with Gasteiger partial charge >= 0.3 is 0 Å². The van der Waals surface area contributed by atoms with Crippen molar-refractivity contribution in [3.05, 3.63) is 61.2 Å². The van der Waals surface area contributed by atoms with Crippen molar-refractivity contribution in [3.8, 4) is 0 Å². The van der Waals surface area contributed by atoms with Crippen LogP contribution in [0.25, 0.3) is 0 Å². The van der Waals surface area contributed by atoms with Crippen LogP contribution in [0.1, 0.15) is 0 Å². The Hall–Kier alpha value is -0.778. The Balaban J connectivity index is 0.000000215. The van der Waals surface area contributed by atoms with Crippen molar-refractivity contribution < 1.29 is 0 Å². The molecule has 0 bridgehead atoms. The average Bonchev–Trinajstić information content (AvgIpc) is 2.54. The van der Waals surface area contributed by atoms with Crippen molar-refractivity contribution >= 4 is 27.3 Å². The van der Waals surface area contributed by atoms with Crippen LogP contribution in [0.15, 0.2) is 61.2 Å². The topological polar surface area (TPSA) is 27.8 Å². The molecule has 2 rings (SSSR count). The van der Waals surface area contributed by atoms with Crippen molar-refractivity contribution in [2.75, 3.05) is 0 Å². The van der Waals surface area contributed by atoms with Crippen LogP contribution in [-0.2, 0) is 0 Å². The maximum Gasteiger partial charge on any atom is 0.000496 e. The fraction of sp³-hybridized carbons (Fsp3) is 0. The summed E-state index contributed by atoms with van der Waals surface area (Å²) in [6.45, 7) is 0. The molecular weight excluding hydrogens is 355 g/mol. The normalized spacial score (nSPS) is 11.7. The number of hydrogen-bond acceptors (Lipinski definition) is 1. The fourth-order valence-corrected chi connectivity index (χ4v) is 0.684. The number of nitrogens with one attached hydrogen (secondary N) is 2. The summed E-state index contributed by atoms with van der Waals surface area (Å²) in [4.78, 5) is 2.86. The van der Waals surface area contributed by atoms with Crippen molar-refractivity contribution in [3.63, 3.8) is 0 Å². The number of hydrogen-bond donors (Lipinski definition) is 2. The maximum absolute atomic E-state index is 2.92. The first-order chi connectivity index (χ1) is 6.00. The molecule has 0 fully saturated rings. The molecule has 3 heteroatoms. The van der Waals surface area contributed by atoms with Gasteiger partial charge in [-0.15, -0.1) is 0 Å². The van der Waals surface area contributed by atoms with Crippen LogP contribution in [0.3, 0.4) is 0 Å². The van der Waals surface area contributed by atoms with Gasteiger partial charge in [0.05, 0.1) is 0 Å². The van der Waals surface area contributed by atoms with Crippen LogP contribution >= 0.6 is 0 Å². The van der Waals surface area contributed by atoms with E-state index in [2.05, 4.69) is 10.3 Å². The van der Waals surface area contributed by atoms with Crippen LogP contribution in [0.5, 0.6) is 0 Å². The van der Waals surface area contributed by atoms with E-state index >= 15 is 0 Å². The smallest absolute Gasteiger partial charge is 0.000496 e. The van der Waals surface area contributed by atoms with E-state index in [0.29, 0.717) is 0 Å². The van der Waals surface area contributed by atoms with E-state index in [1.807, 2.05) is 61.2 Å². The predicted octanol–water partition coefficient (Wildman–Crippen LogP) is 1.81. The Bertz CT molecular complexity index is 229. The summed E-state index contributed by atoms with van der Waals surface area (Å²) in [5.74, 6) is 0. The summed E-state index contributed by atoms with van der Waals surface area (Å²) in [6, 6.07) is 3.89. The number of allylic oxidation sites excluding steroid dienone is 4. The Morgan fingerprint density at radius 1 is 0.692 bits per heavy atom. The van der Waals surface area contributed by atoms with Crippen LogP contribution < -0.4 is 5.32 Å². The predicted molar refractivity (Wildman–Crippen MR) is 57.1 cm³/mol. The second-order valence-corrected chi connectivity index (χ2v) is 2.15. The molecular formula is C10H12N2Pb. The molecule has 1 aliphatic rings. The molecule has 13 heavy (non-hydrogen) atoms. The summed E-state index contributed by atoms with van der Waals surface area (Å²) < 4.78 is 0. The van der Waals surface area contributed by atoms with Gasteiger partial charge in [0, 0.05) is 52.1 Å². The largest absolute Gasteiger partial charge is 0.368 e. The van der Waals surface area contributed by atoms with Gasteiger partial charge in [0.2, 0.25) is 0 Å². The van der Waals surface area contributed by atoms with Crippen molar-refractivity contribution in [2.45, 2.75) is 0 Å². The molecule has 2 N–H and O–H groups in total. The van der Waals surface area contributed by atoms with Crippen LogP contribution in [-0.4, -0.2) is 32.3 Å². The van der Waals surface area contributed by atoms with Crippen LogP contribution in [0.4, 0.5) is 0 Å². The monoisotopic (exact) mass is 368 g/mol. The minimum Gasteiger partial charge on any atom is -0.368 e. The molecule has 66 valence electrons. The van der Waals surface area contributed by atoms with Gasteiger partial charge in [-0.1, -0.05) is 12.2 Å². The first kappa shape index (κ1) is 12.2. The molecule has 0 atom stereocenters. The zero-order chi connectivity index (χ0) is 8.49. The van der Waals surface area contributed by atoms with E-state index in [1.165, 1.54) is 0 Å².